The highest BCUT2D eigenvalue weighted by molar-refractivity contribution is 6.31. The van der Waals surface area contributed by atoms with Crippen LogP contribution in [0.3, 0.4) is 0 Å². The van der Waals surface area contributed by atoms with E-state index in [1.807, 2.05) is 60.0 Å². The number of hydrogen-bond donors (Lipinski definition) is 1. The van der Waals surface area contributed by atoms with Gasteiger partial charge in [0.2, 0.25) is 5.91 Å². The number of aromatic nitrogens is 2. The van der Waals surface area contributed by atoms with Crippen LogP contribution in [-0.4, -0.2) is 15.3 Å². The second-order valence-corrected chi connectivity index (χ2v) is 5.55. The van der Waals surface area contributed by atoms with Crippen LogP contribution in [0.15, 0.2) is 54.7 Å². The molecule has 2 heterocycles. The quantitative estimate of drug-likeness (QED) is 0.745. The highest BCUT2D eigenvalue weighted by Gasteiger charge is 2.07. The number of amides is 1. The number of imidazole rings is 1. The van der Waals surface area contributed by atoms with Gasteiger partial charge in [0.25, 0.3) is 0 Å². The first-order chi connectivity index (χ1) is 11.1. The van der Waals surface area contributed by atoms with Crippen molar-refractivity contribution < 1.29 is 4.79 Å². The summed E-state index contributed by atoms with van der Waals surface area (Å²) in [5.74, 6) is -0.171. The summed E-state index contributed by atoms with van der Waals surface area (Å²) in [5, 5.41) is 3.25. The number of rotatable bonds is 4. The molecular weight excluding hydrogens is 310 g/mol. The number of fused-ring (bicyclic) bond motifs is 1. The molecule has 0 unspecified atom stereocenters. The third-order valence-electron chi connectivity index (χ3n) is 3.63. The Morgan fingerprint density at radius 2 is 2.04 bits per heavy atom. The second kappa shape index (κ2) is 6.67. The molecule has 0 saturated carbocycles. The summed E-state index contributed by atoms with van der Waals surface area (Å²) in [6, 6.07) is 13.6. The van der Waals surface area contributed by atoms with E-state index in [2.05, 4.69) is 10.3 Å². The van der Waals surface area contributed by atoms with Crippen LogP contribution in [0.5, 0.6) is 0 Å². The van der Waals surface area contributed by atoms with Crippen molar-refractivity contribution >= 4 is 29.2 Å². The van der Waals surface area contributed by atoms with Crippen LogP contribution < -0.4 is 5.32 Å². The predicted molar refractivity (Wildman–Crippen MR) is 92.3 cm³/mol. The number of halogens is 1. The normalized spacial score (nSPS) is 11.2. The van der Waals surface area contributed by atoms with Crippen molar-refractivity contribution in [2.75, 3.05) is 0 Å². The van der Waals surface area contributed by atoms with E-state index in [-0.39, 0.29) is 5.91 Å². The number of aryl methyl sites for hydroxylation is 1. The van der Waals surface area contributed by atoms with Gasteiger partial charge in [0.1, 0.15) is 5.65 Å². The Balaban J connectivity index is 1.71. The molecule has 0 saturated heterocycles. The topological polar surface area (TPSA) is 46.4 Å². The Bertz CT molecular complexity index is 883. The van der Waals surface area contributed by atoms with Crippen molar-refractivity contribution in [3.05, 3.63) is 76.7 Å². The molecule has 116 valence electrons. The summed E-state index contributed by atoms with van der Waals surface area (Å²) in [7, 11) is 0. The lowest BCUT2D eigenvalue weighted by atomic mass is 10.1. The molecule has 2 aromatic heterocycles. The number of nitrogens with zero attached hydrogens (tertiary/aromatic N) is 2. The molecule has 3 aromatic rings. The van der Waals surface area contributed by atoms with Gasteiger partial charge >= 0.3 is 0 Å². The molecule has 0 aliphatic heterocycles. The van der Waals surface area contributed by atoms with E-state index in [0.717, 1.165) is 16.8 Å². The zero-order valence-electron chi connectivity index (χ0n) is 12.7. The van der Waals surface area contributed by atoms with E-state index in [1.54, 1.807) is 6.08 Å². The van der Waals surface area contributed by atoms with Gasteiger partial charge in [-0.1, -0.05) is 41.9 Å². The molecule has 1 aromatic carbocycles. The fraction of sp³-hybridized carbons (Fsp3) is 0.111. The summed E-state index contributed by atoms with van der Waals surface area (Å²) >= 11 is 6.13. The molecule has 0 aliphatic rings. The Morgan fingerprint density at radius 1 is 1.26 bits per heavy atom. The van der Waals surface area contributed by atoms with Gasteiger partial charge in [0.05, 0.1) is 5.69 Å². The van der Waals surface area contributed by atoms with Gasteiger partial charge in [0.15, 0.2) is 5.15 Å². The average molecular weight is 326 g/mol. The predicted octanol–water partition coefficient (Wildman–Crippen LogP) is 3.63. The fourth-order valence-electron chi connectivity index (χ4n) is 2.34. The van der Waals surface area contributed by atoms with Gasteiger partial charge in [-0.25, -0.2) is 4.98 Å². The number of carbonyl (C=O) groups is 1. The van der Waals surface area contributed by atoms with Crippen molar-refractivity contribution in [1.82, 2.24) is 14.7 Å². The van der Waals surface area contributed by atoms with Gasteiger partial charge < -0.3 is 5.32 Å². The fourth-order valence-corrected chi connectivity index (χ4v) is 2.58. The van der Waals surface area contributed by atoms with E-state index in [4.69, 9.17) is 11.6 Å². The minimum absolute atomic E-state index is 0.171. The standard InChI is InChI=1S/C18H16ClN3O/c1-13-6-2-3-7-14(13)12-20-17(23)10-9-15-18(19)21-16-8-4-5-11-22(15)16/h2-11H,12H2,1H3,(H,20,23)/b10-9+. The first kappa shape index (κ1) is 15.3. The Labute approximate surface area is 139 Å². The van der Waals surface area contributed by atoms with Gasteiger partial charge in [-0.2, -0.15) is 0 Å². The van der Waals surface area contributed by atoms with Crippen molar-refractivity contribution in [3.8, 4) is 0 Å². The lowest BCUT2D eigenvalue weighted by Crippen LogP contribution is -2.20. The molecule has 0 bridgehead atoms. The first-order valence-electron chi connectivity index (χ1n) is 7.28. The molecule has 0 fully saturated rings. The summed E-state index contributed by atoms with van der Waals surface area (Å²) in [4.78, 5) is 16.2. The second-order valence-electron chi connectivity index (χ2n) is 5.19. The number of pyridine rings is 1. The maximum absolute atomic E-state index is 12.0. The summed E-state index contributed by atoms with van der Waals surface area (Å²) in [5.41, 5.74) is 3.69. The molecule has 3 rings (SSSR count). The molecule has 23 heavy (non-hydrogen) atoms. The third-order valence-corrected chi connectivity index (χ3v) is 3.91. The summed E-state index contributed by atoms with van der Waals surface area (Å²) in [6.45, 7) is 2.52. The Hall–Kier alpha value is -2.59. The largest absolute Gasteiger partial charge is 0.348 e. The lowest BCUT2D eigenvalue weighted by Gasteiger charge is -2.05. The van der Waals surface area contributed by atoms with Crippen molar-refractivity contribution in [3.63, 3.8) is 0 Å². The van der Waals surface area contributed by atoms with Crippen LogP contribution in [0.2, 0.25) is 5.15 Å². The molecule has 1 N–H and O–H groups in total. The first-order valence-corrected chi connectivity index (χ1v) is 7.66. The van der Waals surface area contributed by atoms with Crippen LogP contribution in [0, 0.1) is 6.92 Å². The zero-order valence-corrected chi connectivity index (χ0v) is 13.4. The third kappa shape index (κ3) is 3.43. The number of benzene rings is 1. The maximum atomic E-state index is 12.0. The SMILES string of the molecule is Cc1ccccc1CNC(=O)/C=C/c1c(Cl)nc2ccccn12. The molecule has 1 amide bonds. The van der Waals surface area contributed by atoms with Crippen LogP contribution in [0.4, 0.5) is 0 Å². The van der Waals surface area contributed by atoms with Crippen LogP contribution in [-0.2, 0) is 11.3 Å². The number of carbonyl (C=O) groups excluding carboxylic acids is 1. The monoisotopic (exact) mass is 325 g/mol. The van der Waals surface area contributed by atoms with Crippen molar-refractivity contribution in [1.29, 1.82) is 0 Å². The van der Waals surface area contributed by atoms with Crippen LogP contribution in [0.25, 0.3) is 11.7 Å². The minimum atomic E-state index is -0.171. The van der Waals surface area contributed by atoms with E-state index in [1.165, 1.54) is 6.08 Å². The zero-order chi connectivity index (χ0) is 16.2. The molecule has 0 atom stereocenters. The number of nitrogens with one attached hydrogen (secondary N) is 1. The summed E-state index contributed by atoms with van der Waals surface area (Å²) < 4.78 is 1.84. The Kier molecular flexibility index (Phi) is 4.44. The average Bonchev–Trinajstić information content (AvgIpc) is 2.87. The van der Waals surface area contributed by atoms with E-state index < -0.39 is 0 Å². The van der Waals surface area contributed by atoms with Gasteiger partial charge in [-0.3, -0.25) is 9.20 Å². The number of hydrogen-bond acceptors (Lipinski definition) is 2. The van der Waals surface area contributed by atoms with Crippen LogP contribution >= 0.6 is 11.6 Å². The van der Waals surface area contributed by atoms with Crippen LogP contribution in [0.1, 0.15) is 16.8 Å². The van der Waals surface area contributed by atoms with E-state index in [0.29, 0.717) is 17.4 Å². The molecule has 0 radical (unpaired) electrons. The molecule has 4 nitrogen and oxygen atoms in total. The molecule has 5 heteroatoms. The smallest absolute Gasteiger partial charge is 0.244 e. The van der Waals surface area contributed by atoms with E-state index >= 15 is 0 Å². The summed E-state index contributed by atoms with van der Waals surface area (Å²) in [6.07, 6.45) is 5.01. The maximum Gasteiger partial charge on any atom is 0.244 e. The van der Waals surface area contributed by atoms with Gasteiger partial charge in [-0.15, -0.1) is 0 Å². The lowest BCUT2D eigenvalue weighted by molar-refractivity contribution is -0.116. The molecule has 0 aliphatic carbocycles. The molecular formula is C18H16ClN3O. The van der Waals surface area contributed by atoms with Crippen molar-refractivity contribution in [2.45, 2.75) is 13.5 Å². The van der Waals surface area contributed by atoms with Crippen molar-refractivity contribution in [2.24, 2.45) is 0 Å². The van der Waals surface area contributed by atoms with Gasteiger partial charge in [0, 0.05) is 18.8 Å². The van der Waals surface area contributed by atoms with E-state index in [9.17, 15) is 4.79 Å². The Morgan fingerprint density at radius 3 is 2.87 bits per heavy atom. The minimum Gasteiger partial charge on any atom is -0.348 e. The van der Waals surface area contributed by atoms with Gasteiger partial charge in [-0.05, 0) is 36.3 Å². The highest BCUT2D eigenvalue weighted by atomic mass is 35.5. The highest BCUT2D eigenvalue weighted by Crippen LogP contribution is 2.18. The molecule has 0 spiro atoms.